The number of thioether (sulfide) groups is 1. The van der Waals surface area contributed by atoms with Gasteiger partial charge in [0.2, 0.25) is 10.0 Å². The molecule has 4 nitrogen and oxygen atoms in total. The summed E-state index contributed by atoms with van der Waals surface area (Å²) in [6, 6.07) is 1.06. The average molecular weight is 418 g/mol. The largest absolute Gasteiger partial charge is 0.395 e. The van der Waals surface area contributed by atoms with Crippen molar-refractivity contribution >= 4 is 55.0 Å². The lowest BCUT2D eigenvalue weighted by Crippen LogP contribution is -2.45. The molecule has 0 aliphatic heterocycles. The maximum atomic E-state index is 14.1. The van der Waals surface area contributed by atoms with E-state index in [-0.39, 0.29) is 26.5 Å². The molecule has 0 unspecified atom stereocenters. The minimum atomic E-state index is -4.00. The van der Waals surface area contributed by atoms with Crippen molar-refractivity contribution in [2.75, 3.05) is 18.5 Å². The molecule has 0 amide bonds. The van der Waals surface area contributed by atoms with Crippen LogP contribution < -0.4 is 10.5 Å². The van der Waals surface area contributed by atoms with Gasteiger partial charge in [0, 0.05) is 11.3 Å². The van der Waals surface area contributed by atoms with Gasteiger partial charge in [0.1, 0.15) is 4.90 Å². The van der Waals surface area contributed by atoms with Gasteiger partial charge in [-0.25, -0.2) is 17.5 Å². The maximum absolute atomic E-state index is 14.1. The quantitative estimate of drug-likeness (QED) is 0.569. The van der Waals surface area contributed by atoms with Crippen LogP contribution in [0.5, 0.6) is 0 Å². The molecular formula is C12H15BrClFN2O2S2. The molecule has 1 aliphatic rings. The van der Waals surface area contributed by atoms with Crippen LogP contribution in [0.25, 0.3) is 0 Å². The molecule has 1 aliphatic carbocycles. The molecule has 9 heteroatoms. The molecule has 1 fully saturated rings. The summed E-state index contributed by atoms with van der Waals surface area (Å²) in [6.45, 7) is 0.267. The third-order valence-corrected chi connectivity index (χ3v) is 7.93. The van der Waals surface area contributed by atoms with Crippen LogP contribution in [0.4, 0.5) is 10.1 Å². The Labute approximate surface area is 141 Å². The van der Waals surface area contributed by atoms with Crippen LogP contribution in [-0.2, 0) is 10.0 Å². The Morgan fingerprint density at radius 1 is 1.57 bits per heavy atom. The van der Waals surface area contributed by atoms with E-state index in [1.807, 2.05) is 6.26 Å². The van der Waals surface area contributed by atoms with Gasteiger partial charge >= 0.3 is 0 Å². The lowest BCUT2D eigenvalue weighted by Gasteiger charge is -2.40. The summed E-state index contributed by atoms with van der Waals surface area (Å²) in [5, 5.41) is 0.0532. The first kappa shape index (κ1) is 17.3. The molecule has 1 aromatic carbocycles. The molecule has 0 atom stereocenters. The third kappa shape index (κ3) is 3.34. The number of nitrogen functional groups attached to an aromatic ring is 1. The minimum absolute atomic E-state index is 0.0532. The summed E-state index contributed by atoms with van der Waals surface area (Å²) in [7, 11) is -4.00. The van der Waals surface area contributed by atoms with E-state index >= 15 is 0 Å². The number of anilines is 1. The van der Waals surface area contributed by atoms with E-state index < -0.39 is 20.7 Å². The SMILES string of the molecule is CSC1(CNS(=O)(=O)c2cc(Cl)c(Br)c(N)c2F)CCC1. The summed E-state index contributed by atoms with van der Waals surface area (Å²) in [5.74, 6) is -0.995. The summed E-state index contributed by atoms with van der Waals surface area (Å²) < 4.78 is 41.2. The number of benzene rings is 1. The molecule has 3 N–H and O–H groups in total. The monoisotopic (exact) mass is 416 g/mol. The standard InChI is InChI=1S/C12H15BrClFN2O2S2/c1-20-12(3-2-4-12)6-17-21(18,19)8-5-7(14)9(13)11(16)10(8)15/h5,17H,2-4,6,16H2,1H3. The fraction of sp³-hybridized carbons (Fsp3) is 0.500. The predicted octanol–water partition coefficient (Wildman–Crippen LogP) is 3.39. The Morgan fingerprint density at radius 3 is 2.67 bits per heavy atom. The van der Waals surface area contributed by atoms with E-state index in [9.17, 15) is 12.8 Å². The van der Waals surface area contributed by atoms with E-state index in [0.717, 1.165) is 25.3 Å². The highest BCUT2D eigenvalue weighted by atomic mass is 79.9. The highest BCUT2D eigenvalue weighted by molar-refractivity contribution is 9.10. The normalized spacial score (nSPS) is 17.5. The molecule has 0 radical (unpaired) electrons. The van der Waals surface area contributed by atoms with Crippen molar-refractivity contribution in [3.8, 4) is 0 Å². The first-order valence-electron chi connectivity index (χ1n) is 6.20. The predicted molar refractivity (Wildman–Crippen MR) is 88.8 cm³/mol. The van der Waals surface area contributed by atoms with Crippen LogP contribution in [-0.4, -0.2) is 26.0 Å². The Morgan fingerprint density at radius 2 is 2.19 bits per heavy atom. The molecular weight excluding hydrogens is 403 g/mol. The zero-order chi connectivity index (χ0) is 15.8. The van der Waals surface area contributed by atoms with E-state index in [2.05, 4.69) is 20.7 Å². The number of rotatable bonds is 5. The summed E-state index contributed by atoms with van der Waals surface area (Å²) in [6.07, 6.45) is 4.92. The number of nitrogens with one attached hydrogen (secondary N) is 1. The maximum Gasteiger partial charge on any atom is 0.243 e. The van der Waals surface area contributed by atoms with Gasteiger partial charge in [-0.1, -0.05) is 18.0 Å². The lowest BCUT2D eigenvalue weighted by molar-refractivity contribution is 0.361. The second-order valence-electron chi connectivity index (χ2n) is 4.96. The number of sulfonamides is 1. The van der Waals surface area contributed by atoms with Gasteiger partial charge in [-0.2, -0.15) is 11.8 Å². The van der Waals surface area contributed by atoms with Gasteiger partial charge in [0.15, 0.2) is 5.82 Å². The molecule has 118 valence electrons. The average Bonchev–Trinajstić information content (AvgIpc) is 2.39. The second-order valence-corrected chi connectivity index (χ2v) is 9.17. The van der Waals surface area contributed by atoms with Crippen LogP contribution in [0.3, 0.4) is 0 Å². The highest BCUT2D eigenvalue weighted by Gasteiger charge is 2.37. The van der Waals surface area contributed by atoms with Crippen molar-refractivity contribution in [1.29, 1.82) is 0 Å². The molecule has 0 spiro atoms. The highest BCUT2D eigenvalue weighted by Crippen LogP contribution is 2.42. The topological polar surface area (TPSA) is 72.2 Å². The molecule has 0 saturated heterocycles. The second kappa shape index (κ2) is 6.23. The number of hydrogen-bond acceptors (Lipinski definition) is 4. The van der Waals surface area contributed by atoms with Crippen molar-refractivity contribution in [3.63, 3.8) is 0 Å². The molecule has 1 aromatic rings. The van der Waals surface area contributed by atoms with Crippen molar-refractivity contribution in [1.82, 2.24) is 4.72 Å². The third-order valence-electron chi connectivity index (χ3n) is 3.73. The number of nitrogens with two attached hydrogens (primary N) is 1. The van der Waals surface area contributed by atoms with Gasteiger partial charge in [-0.15, -0.1) is 0 Å². The van der Waals surface area contributed by atoms with Crippen LogP contribution in [0.1, 0.15) is 19.3 Å². The lowest BCUT2D eigenvalue weighted by atomic mass is 9.84. The smallest absolute Gasteiger partial charge is 0.243 e. The summed E-state index contributed by atoms with van der Waals surface area (Å²) in [4.78, 5) is -0.524. The Balaban J connectivity index is 2.28. The van der Waals surface area contributed by atoms with Crippen molar-refractivity contribution in [3.05, 3.63) is 21.4 Å². The molecule has 0 aromatic heterocycles. The van der Waals surface area contributed by atoms with Gasteiger partial charge < -0.3 is 5.73 Å². The van der Waals surface area contributed by atoms with Gasteiger partial charge in [-0.3, -0.25) is 0 Å². The summed E-state index contributed by atoms with van der Waals surface area (Å²) in [5.41, 5.74) is 5.21. The van der Waals surface area contributed by atoms with Gasteiger partial charge in [0.05, 0.1) is 15.2 Å². The fourth-order valence-electron chi connectivity index (χ4n) is 2.12. The van der Waals surface area contributed by atoms with E-state index in [4.69, 9.17) is 17.3 Å². The van der Waals surface area contributed by atoms with Gasteiger partial charge in [-0.05, 0) is 41.1 Å². The zero-order valence-electron chi connectivity index (χ0n) is 11.3. The Bertz CT molecular complexity index is 660. The molecule has 0 heterocycles. The van der Waals surface area contributed by atoms with Crippen LogP contribution >= 0.6 is 39.3 Å². The summed E-state index contributed by atoms with van der Waals surface area (Å²) >= 11 is 10.5. The molecule has 1 saturated carbocycles. The van der Waals surface area contributed by atoms with Crippen LogP contribution in [0, 0.1) is 5.82 Å². The van der Waals surface area contributed by atoms with E-state index in [1.165, 1.54) is 0 Å². The van der Waals surface area contributed by atoms with Gasteiger partial charge in [0.25, 0.3) is 0 Å². The van der Waals surface area contributed by atoms with E-state index in [0.29, 0.717) is 0 Å². The Kier molecular flexibility index (Phi) is 5.15. The fourth-order valence-corrected chi connectivity index (χ4v) is 4.93. The molecule has 0 bridgehead atoms. The zero-order valence-corrected chi connectivity index (χ0v) is 15.2. The van der Waals surface area contributed by atoms with Crippen LogP contribution in [0.2, 0.25) is 5.02 Å². The first-order valence-corrected chi connectivity index (χ1v) is 10.1. The first-order chi connectivity index (χ1) is 9.72. The molecule has 2 rings (SSSR count). The van der Waals surface area contributed by atoms with Crippen molar-refractivity contribution < 1.29 is 12.8 Å². The van der Waals surface area contributed by atoms with Crippen molar-refractivity contribution in [2.24, 2.45) is 0 Å². The van der Waals surface area contributed by atoms with E-state index in [1.54, 1.807) is 11.8 Å². The number of hydrogen-bond donors (Lipinski definition) is 2. The van der Waals surface area contributed by atoms with Crippen LogP contribution in [0.15, 0.2) is 15.4 Å². The number of halogens is 3. The molecule has 21 heavy (non-hydrogen) atoms. The minimum Gasteiger partial charge on any atom is -0.395 e. The van der Waals surface area contributed by atoms with Crippen molar-refractivity contribution in [2.45, 2.75) is 28.9 Å². The Hall–Kier alpha value is -0.0200.